The molecule has 0 spiro atoms. The Morgan fingerprint density at radius 2 is 2.05 bits per heavy atom. The molecule has 4 nitrogen and oxygen atoms in total. The van der Waals surface area contributed by atoms with Crippen LogP contribution in [0.15, 0.2) is 16.3 Å². The van der Waals surface area contributed by atoms with Crippen molar-refractivity contribution in [3.05, 3.63) is 16.3 Å². The largest absolute Gasteiger partial charge is 0.391 e. The predicted molar refractivity (Wildman–Crippen MR) is 85.8 cm³/mol. The molecule has 0 aromatic carbocycles. The molecule has 0 bridgehead atoms. The maximum Gasteiger partial charge on any atom is 0.243 e. The first-order valence-electron chi connectivity index (χ1n) is 7.43. The minimum atomic E-state index is -3.41. The molecule has 21 heavy (non-hydrogen) atoms. The predicted octanol–water partition coefficient (Wildman–Crippen LogP) is 3.08. The Morgan fingerprint density at radius 3 is 2.62 bits per heavy atom. The third-order valence-electron chi connectivity index (χ3n) is 4.34. The number of rotatable bonds is 3. The molecule has 0 aliphatic carbocycles. The zero-order valence-electron chi connectivity index (χ0n) is 13.0. The van der Waals surface area contributed by atoms with Crippen molar-refractivity contribution in [3.63, 3.8) is 0 Å². The Bertz CT molecular complexity index is 572. The van der Waals surface area contributed by atoms with Gasteiger partial charge in [0.2, 0.25) is 10.0 Å². The third kappa shape index (κ3) is 3.86. The summed E-state index contributed by atoms with van der Waals surface area (Å²) in [6.07, 6.45) is 2.92. The Kier molecular flexibility index (Phi) is 5.13. The molecule has 120 valence electrons. The molecule has 2 heterocycles. The van der Waals surface area contributed by atoms with E-state index in [9.17, 15) is 8.42 Å². The Labute approximate surface area is 131 Å². The second-order valence-corrected chi connectivity index (χ2v) is 9.74. The molecular formula is C15H25NO3S2. The van der Waals surface area contributed by atoms with Gasteiger partial charge in [-0.05, 0) is 36.7 Å². The second kappa shape index (κ2) is 6.36. The van der Waals surface area contributed by atoms with Crippen LogP contribution in [0.25, 0.3) is 0 Å². The Hall–Kier alpha value is -0.430. The van der Waals surface area contributed by atoms with E-state index in [4.69, 9.17) is 5.11 Å². The SMILES string of the molecule is CC(C)(C)C1CCCN(S(=O)(=O)c2csc(CO)c2)CC1. The van der Waals surface area contributed by atoms with Crippen molar-refractivity contribution in [2.45, 2.75) is 51.5 Å². The molecule has 1 aromatic heterocycles. The number of sulfonamides is 1. The van der Waals surface area contributed by atoms with E-state index in [1.54, 1.807) is 15.8 Å². The van der Waals surface area contributed by atoms with Gasteiger partial charge in [-0.25, -0.2) is 8.42 Å². The van der Waals surface area contributed by atoms with Gasteiger partial charge in [0, 0.05) is 23.3 Å². The topological polar surface area (TPSA) is 57.6 Å². The van der Waals surface area contributed by atoms with Crippen LogP contribution in [-0.2, 0) is 16.6 Å². The monoisotopic (exact) mass is 331 g/mol. The fraction of sp³-hybridized carbons (Fsp3) is 0.733. The summed E-state index contributed by atoms with van der Waals surface area (Å²) in [7, 11) is -3.41. The van der Waals surface area contributed by atoms with Crippen LogP contribution < -0.4 is 0 Å². The second-order valence-electron chi connectivity index (χ2n) is 6.80. The van der Waals surface area contributed by atoms with Gasteiger partial charge in [-0.1, -0.05) is 20.8 Å². The first-order valence-corrected chi connectivity index (χ1v) is 9.75. The number of hydrogen-bond acceptors (Lipinski definition) is 4. The zero-order chi connectivity index (χ0) is 15.7. The highest BCUT2D eigenvalue weighted by molar-refractivity contribution is 7.89. The minimum Gasteiger partial charge on any atom is -0.391 e. The molecule has 2 rings (SSSR count). The van der Waals surface area contributed by atoms with E-state index in [1.807, 2.05) is 0 Å². The van der Waals surface area contributed by atoms with Crippen molar-refractivity contribution >= 4 is 21.4 Å². The fourth-order valence-corrected chi connectivity index (χ4v) is 5.52. The van der Waals surface area contributed by atoms with E-state index < -0.39 is 10.0 Å². The van der Waals surface area contributed by atoms with E-state index in [-0.39, 0.29) is 12.0 Å². The van der Waals surface area contributed by atoms with Crippen LogP contribution in [0.1, 0.15) is 44.9 Å². The van der Waals surface area contributed by atoms with Gasteiger partial charge in [0.15, 0.2) is 0 Å². The zero-order valence-corrected chi connectivity index (χ0v) is 14.6. The number of thiophene rings is 1. The summed E-state index contributed by atoms with van der Waals surface area (Å²) in [6, 6.07) is 1.59. The van der Waals surface area contributed by atoms with Crippen LogP contribution in [-0.4, -0.2) is 30.9 Å². The molecule has 0 amide bonds. The van der Waals surface area contributed by atoms with E-state index >= 15 is 0 Å². The van der Waals surface area contributed by atoms with E-state index in [1.165, 1.54) is 11.3 Å². The molecule has 1 saturated heterocycles. The quantitative estimate of drug-likeness (QED) is 0.926. The number of aliphatic hydroxyl groups is 1. The highest BCUT2D eigenvalue weighted by Crippen LogP contribution is 2.35. The molecule has 6 heteroatoms. The van der Waals surface area contributed by atoms with Crippen LogP contribution in [0, 0.1) is 11.3 Å². The van der Waals surface area contributed by atoms with Crippen molar-refractivity contribution in [2.24, 2.45) is 11.3 Å². The normalized spacial score (nSPS) is 22.2. The number of aliphatic hydroxyl groups excluding tert-OH is 1. The number of nitrogens with zero attached hydrogens (tertiary/aromatic N) is 1. The van der Waals surface area contributed by atoms with Gasteiger partial charge in [0.1, 0.15) is 0 Å². The van der Waals surface area contributed by atoms with Gasteiger partial charge in [-0.2, -0.15) is 4.31 Å². The van der Waals surface area contributed by atoms with Crippen LogP contribution in [0.2, 0.25) is 0 Å². The Balaban J connectivity index is 2.14. The highest BCUT2D eigenvalue weighted by Gasteiger charge is 2.32. The van der Waals surface area contributed by atoms with Crippen molar-refractivity contribution in [1.29, 1.82) is 0 Å². The molecular weight excluding hydrogens is 306 g/mol. The Morgan fingerprint density at radius 1 is 1.33 bits per heavy atom. The molecule has 1 N–H and O–H groups in total. The molecule has 0 saturated carbocycles. The number of hydrogen-bond donors (Lipinski definition) is 1. The summed E-state index contributed by atoms with van der Waals surface area (Å²) >= 11 is 1.29. The molecule has 1 unspecified atom stereocenters. The first kappa shape index (κ1) is 16.9. The maximum atomic E-state index is 12.7. The van der Waals surface area contributed by atoms with Gasteiger partial charge in [-0.3, -0.25) is 0 Å². The fourth-order valence-electron chi connectivity index (χ4n) is 2.90. The highest BCUT2D eigenvalue weighted by atomic mass is 32.2. The maximum absolute atomic E-state index is 12.7. The minimum absolute atomic E-state index is 0.105. The third-order valence-corrected chi connectivity index (χ3v) is 7.28. The van der Waals surface area contributed by atoms with E-state index in [0.29, 0.717) is 28.8 Å². The summed E-state index contributed by atoms with van der Waals surface area (Å²) in [5, 5.41) is 10.7. The molecule has 1 atom stereocenters. The molecule has 1 aromatic rings. The van der Waals surface area contributed by atoms with E-state index in [2.05, 4.69) is 20.8 Å². The summed E-state index contributed by atoms with van der Waals surface area (Å²) in [5.41, 5.74) is 0.228. The molecule has 0 radical (unpaired) electrons. The lowest BCUT2D eigenvalue weighted by Crippen LogP contribution is -2.32. The van der Waals surface area contributed by atoms with Crippen molar-refractivity contribution in [3.8, 4) is 0 Å². The van der Waals surface area contributed by atoms with E-state index in [0.717, 1.165) is 19.3 Å². The van der Waals surface area contributed by atoms with Gasteiger partial charge < -0.3 is 5.11 Å². The average molecular weight is 332 g/mol. The van der Waals surface area contributed by atoms with Crippen LogP contribution in [0.4, 0.5) is 0 Å². The molecule has 1 aliphatic rings. The summed E-state index contributed by atoms with van der Waals surface area (Å²) in [6.45, 7) is 7.77. The van der Waals surface area contributed by atoms with Crippen LogP contribution in [0.5, 0.6) is 0 Å². The lowest BCUT2D eigenvalue weighted by Gasteiger charge is -2.29. The smallest absolute Gasteiger partial charge is 0.243 e. The van der Waals surface area contributed by atoms with Gasteiger partial charge in [0.25, 0.3) is 0 Å². The van der Waals surface area contributed by atoms with Gasteiger partial charge in [0.05, 0.1) is 11.5 Å². The van der Waals surface area contributed by atoms with Crippen molar-refractivity contribution in [1.82, 2.24) is 4.31 Å². The molecule has 1 aliphatic heterocycles. The van der Waals surface area contributed by atoms with Crippen molar-refractivity contribution in [2.75, 3.05) is 13.1 Å². The summed E-state index contributed by atoms with van der Waals surface area (Å²) < 4.78 is 27.0. The standard InChI is InChI=1S/C15H25NO3S2/c1-15(2,3)12-5-4-7-16(8-6-12)21(18,19)14-9-13(10-17)20-11-14/h9,11-12,17H,4-8,10H2,1-3H3. The lowest BCUT2D eigenvalue weighted by atomic mass is 9.77. The summed E-state index contributed by atoms with van der Waals surface area (Å²) in [5.74, 6) is 0.563. The summed E-state index contributed by atoms with van der Waals surface area (Å²) in [4.78, 5) is 1.02. The van der Waals surface area contributed by atoms with Gasteiger partial charge >= 0.3 is 0 Å². The average Bonchev–Trinajstić information content (AvgIpc) is 2.73. The first-order chi connectivity index (χ1) is 9.75. The van der Waals surface area contributed by atoms with Crippen LogP contribution >= 0.6 is 11.3 Å². The van der Waals surface area contributed by atoms with Crippen molar-refractivity contribution < 1.29 is 13.5 Å². The lowest BCUT2D eigenvalue weighted by molar-refractivity contribution is 0.217. The molecule has 1 fully saturated rings. The van der Waals surface area contributed by atoms with Crippen LogP contribution in [0.3, 0.4) is 0 Å². The van der Waals surface area contributed by atoms with Gasteiger partial charge in [-0.15, -0.1) is 11.3 Å².